The van der Waals surface area contributed by atoms with Crippen molar-refractivity contribution in [2.24, 2.45) is 13.0 Å². The van der Waals surface area contributed by atoms with Crippen LogP contribution in [0.1, 0.15) is 38.2 Å². The normalized spacial score (nSPS) is 13.4. The van der Waals surface area contributed by atoms with E-state index in [-0.39, 0.29) is 0 Å². The van der Waals surface area contributed by atoms with E-state index in [4.69, 9.17) is 4.98 Å². The number of aromatic nitrogens is 2. The molecule has 0 radical (unpaired) electrons. The maximum Gasteiger partial charge on any atom is 0.109 e. The molecule has 0 spiro atoms. The molecule has 0 saturated heterocycles. The number of para-hydroxylation sites is 1. The van der Waals surface area contributed by atoms with Gasteiger partial charge in [-0.3, -0.25) is 0 Å². The number of imidazole rings is 1. The van der Waals surface area contributed by atoms with Crippen LogP contribution in [0.2, 0.25) is 0 Å². The van der Waals surface area contributed by atoms with Gasteiger partial charge in [-0.2, -0.15) is 0 Å². The van der Waals surface area contributed by atoms with Crippen LogP contribution in [0.4, 0.5) is 0 Å². The standard InChI is InChI=1S/C15H23N3/c1-10(2)9-14-17-15-12(11(3)16-4)7-6-8-13(15)18(14)5/h6-8,10-11,16H,9H2,1-5H3. The second kappa shape index (κ2) is 5.11. The van der Waals surface area contributed by atoms with E-state index in [0.717, 1.165) is 11.9 Å². The second-order valence-corrected chi connectivity index (χ2v) is 5.41. The minimum atomic E-state index is 0.329. The topological polar surface area (TPSA) is 29.9 Å². The van der Waals surface area contributed by atoms with Gasteiger partial charge in [-0.25, -0.2) is 4.98 Å². The monoisotopic (exact) mass is 245 g/mol. The van der Waals surface area contributed by atoms with Crippen LogP contribution in [0, 0.1) is 5.92 Å². The van der Waals surface area contributed by atoms with Gasteiger partial charge in [-0.1, -0.05) is 26.0 Å². The summed E-state index contributed by atoms with van der Waals surface area (Å²) in [6.45, 7) is 6.64. The fourth-order valence-electron chi connectivity index (χ4n) is 2.34. The molecule has 1 N–H and O–H groups in total. The molecule has 0 saturated carbocycles. The first-order valence-electron chi connectivity index (χ1n) is 6.66. The number of nitrogens with one attached hydrogen (secondary N) is 1. The summed E-state index contributed by atoms with van der Waals surface area (Å²) in [6.07, 6.45) is 1.03. The minimum Gasteiger partial charge on any atom is -0.331 e. The van der Waals surface area contributed by atoms with Crippen molar-refractivity contribution in [1.82, 2.24) is 14.9 Å². The highest BCUT2D eigenvalue weighted by molar-refractivity contribution is 5.80. The average molecular weight is 245 g/mol. The third kappa shape index (κ3) is 2.27. The summed E-state index contributed by atoms with van der Waals surface area (Å²) in [5.41, 5.74) is 3.64. The summed E-state index contributed by atoms with van der Waals surface area (Å²) < 4.78 is 2.22. The maximum atomic E-state index is 4.84. The third-order valence-corrected chi connectivity index (χ3v) is 3.53. The predicted octanol–water partition coefficient (Wildman–Crippen LogP) is 3.05. The van der Waals surface area contributed by atoms with Crippen LogP contribution < -0.4 is 5.32 Å². The first-order chi connectivity index (χ1) is 8.54. The molecule has 18 heavy (non-hydrogen) atoms. The molecule has 0 amide bonds. The van der Waals surface area contributed by atoms with Crippen molar-refractivity contribution in [3.63, 3.8) is 0 Å². The van der Waals surface area contributed by atoms with Crippen molar-refractivity contribution < 1.29 is 0 Å². The number of hydrogen-bond acceptors (Lipinski definition) is 2. The van der Waals surface area contributed by atoms with E-state index in [1.807, 2.05) is 7.05 Å². The van der Waals surface area contributed by atoms with Gasteiger partial charge in [0.2, 0.25) is 0 Å². The molecule has 0 fully saturated rings. The van der Waals surface area contributed by atoms with Crippen LogP contribution in [0.3, 0.4) is 0 Å². The Hall–Kier alpha value is -1.35. The first kappa shape index (κ1) is 13.1. The Morgan fingerprint density at radius 2 is 2.00 bits per heavy atom. The van der Waals surface area contributed by atoms with Crippen molar-refractivity contribution in [1.29, 1.82) is 0 Å². The van der Waals surface area contributed by atoms with E-state index in [1.54, 1.807) is 0 Å². The quantitative estimate of drug-likeness (QED) is 0.897. The molecular weight excluding hydrogens is 222 g/mol. The molecular formula is C15H23N3. The lowest BCUT2D eigenvalue weighted by molar-refractivity contribution is 0.605. The molecule has 98 valence electrons. The molecule has 3 nitrogen and oxygen atoms in total. The van der Waals surface area contributed by atoms with E-state index in [9.17, 15) is 0 Å². The lowest BCUT2D eigenvalue weighted by Crippen LogP contribution is -2.12. The van der Waals surface area contributed by atoms with E-state index in [1.165, 1.54) is 16.9 Å². The Bertz CT molecular complexity index is 540. The van der Waals surface area contributed by atoms with Crippen LogP contribution >= 0.6 is 0 Å². The van der Waals surface area contributed by atoms with Gasteiger partial charge in [0.05, 0.1) is 11.0 Å². The molecule has 1 heterocycles. The summed E-state index contributed by atoms with van der Waals surface area (Å²) >= 11 is 0. The number of nitrogens with zero attached hydrogens (tertiary/aromatic N) is 2. The largest absolute Gasteiger partial charge is 0.331 e. The van der Waals surface area contributed by atoms with Gasteiger partial charge in [0.25, 0.3) is 0 Å². The Labute approximate surface area is 109 Å². The molecule has 1 unspecified atom stereocenters. The lowest BCUT2D eigenvalue weighted by Gasteiger charge is -2.10. The molecule has 0 aliphatic heterocycles. The molecule has 1 aromatic carbocycles. The van der Waals surface area contributed by atoms with Crippen molar-refractivity contribution >= 4 is 11.0 Å². The SMILES string of the molecule is CNC(C)c1cccc2c1nc(CC(C)C)n2C. The van der Waals surface area contributed by atoms with Crippen LogP contribution in [0.25, 0.3) is 11.0 Å². The molecule has 2 aromatic rings. The van der Waals surface area contributed by atoms with Crippen LogP contribution in [0.5, 0.6) is 0 Å². The molecule has 2 rings (SSSR count). The van der Waals surface area contributed by atoms with E-state index in [0.29, 0.717) is 12.0 Å². The van der Waals surface area contributed by atoms with Crippen molar-refractivity contribution in [2.45, 2.75) is 33.2 Å². The lowest BCUT2D eigenvalue weighted by atomic mass is 10.1. The average Bonchev–Trinajstić information content (AvgIpc) is 2.65. The molecule has 3 heteroatoms. The summed E-state index contributed by atoms with van der Waals surface area (Å²) in [6, 6.07) is 6.76. The summed E-state index contributed by atoms with van der Waals surface area (Å²) in [7, 11) is 4.10. The zero-order valence-electron chi connectivity index (χ0n) is 12.0. The summed E-state index contributed by atoms with van der Waals surface area (Å²) in [4.78, 5) is 4.84. The molecule has 0 aliphatic carbocycles. The van der Waals surface area contributed by atoms with E-state index < -0.39 is 0 Å². The number of benzene rings is 1. The fraction of sp³-hybridized carbons (Fsp3) is 0.533. The van der Waals surface area contributed by atoms with E-state index >= 15 is 0 Å². The number of rotatable bonds is 4. The van der Waals surface area contributed by atoms with Gasteiger partial charge in [0.1, 0.15) is 5.82 Å². The number of aryl methyl sites for hydroxylation is 1. The van der Waals surface area contributed by atoms with Gasteiger partial charge in [0.15, 0.2) is 0 Å². The Kier molecular flexibility index (Phi) is 3.71. The molecule has 0 aliphatic rings. The summed E-state index contributed by atoms with van der Waals surface area (Å²) in [5.74, 6) is 1.81. The minimum absolute atomic E-state index is 0.329. The van der Waals surface area contributed by atoms with Gasteiger partial charge in [0, 0.05) is 19.5 Å². The highest BCUT2D eigenvalue weighted by atomic mass is 15.1. The Morgan fingerprint density at radius 1 is 1.28 bits per heavy atom. The van der Waals surface area contributed by atoms with Gasteiger partial charge in [-0.05, 0) is 31.5 Å². The summed E-state index contributed by atoms with van der Waals surface area (Å²) in [5, 5.41) is 3.29. The number of fused-ring (bicyclic) bond motifs is 1. The first-order valence-corrected chi connectivity index (χ1v) is 6.66. The molecule has 0 bridgehead atoms. The van der Waals surface area contributed by atoms with Gasteiger partial charge in [-0.15, -0.1) is 0 Å². The zero-order valence-corrected chi connectivity index (χ0v) is 12.0. The highest BCUT2D eigenvalue weighted by Gasteiger charge is 2.14. The van der Waals surface area contributed by atoms with Crippen LogP contribution in [0.15, 0.2) is 18.2 Å². The predicted molar refractivity (Wildman–Crippen MR) is 76.7 cm³/mol. The molecule has 1 aromatic heterocycles. The van der Waals surface area contributed by atoms with E-state index in [2.05, 4.69) is 55.9 Å². The maximum absolute atomic E-state index is 4.84. The van der Waals surface area contributed by atoms with Crippen LogP contribution in [-0.4, -0.2) is 16.6 Å². The Balaban J connectivity index is 2.56. The van der Waals surface area contributed by atoms with Crippen LogP contribution in [-0.2, 0) is 13.5 Å². The van der Waals surface area contributed by atoms with Crippen molar-refractivity contribution in [3.8, 4) is 0 Å². The third-order valence-electron chi connectivity index (χ3n) is 3.53. The highest BCUT2D eigenvalue weighted by Crippen LogP contribution is 2.24. The molecule has 1 atom stereocenters. The second-order valence-electron chi connectivity index (χ2n) is 5.41. The van der Waals surface area contributed by atoms with Crippen molar-refractivity contribution in [3.05, 3.63) is 29.6 Å². The fourth-order valence-corrected chi connectivity index (χ4v) is 2.34. The van der Waals surface area contributed by atoms with Crippen molar-refractivity contribution in [2.75, 3.05) is 7.05 Å². The van der Waals surface area contributed by atoms with Gasteiger partial charge >= 0.3 is 0 Å². The number of hydrogen-bond donors (Lipinski definition) is 1. The smallest absolute Gasteiger partial charge is 0.109 e. The Morgan fingerprint density at radius 3 is 2.61 bits per heavy atom. The van der Waals surface area contributed by atoms with Gasteiger partial charge < -0.3 is 9.88 Å². The zero-order chi connectivity index (χ0) is 13.3.